The first-order valence-corrected chi connectivity index (χ1v) is 9.92. The lowest BCUT2D eigenvalue weighted by atomic mass is 9.71. The van der Waals surface area contributed by atoms with E-state index in [1.54, 1.807) is 0 Å². The minimum atomic E-state index is 0.369. The lowest BCUT2D eigenvalue weighted by Gasteiger charge is -2.33. The van der Waals surface area contributed by atoms with Crippen molar-refractivity contribution in [2.75, 3.05) is 0 Å². The molecule has 0 saturated heterocycles. The van der Waals surface area contributed by atoms with Crippen LogP contribution in [0.25, 0.3) is 10.8 Å². The van der Waals surface area contributed by atoms with Gasteiger partial charge in [0.05, 0.1) is 11.6 Å². The third-order valence-electron chi connectivity index (χ3n) is 6.15. The van der Waals surface area contributed by atoms with E-state index in [1.807, 2.05) is 12.1 Å². The van der Waals surface area contributed by atoms with Gasteiger partial charge in [-0.1, -0.05) is 84.9 Å². The van der Waals surface area contributed by atoms with Crippen molar-refractivity contribution in [2.24, 2.45) is 0 Å². The van der Waals surface area contributed by atoms with Gasteiger partial charge in [0.25, 0.3) is 0 Å². The second-order valence-corrected chi connectivity index (χ2v) is 7.58. The van der Waals surface area contributed by atoms with E-state index in [0.717, 1.165) is 23.8 Å². The Bertz CT molecular complexity index is 1180. The molecule has 0 spiro atoms. The van der Waals surface area contributed by atoms with Crippen molar-refractivity contribution in [3.05, 3.63) is 119 Å². The molecule has 0 aromatic heterocycles. The topological polar surface area (TPSA) is 23.8 Å². The van der Waals surface area contributed by atoms with Gasteiger partial charge < -0.3 is 0 Å². The number of fused-ring (bicyclic) bond motifs is 2. The van der Waals surface area contributed by atoms with Gasteiger partial charge in [-0.2, -0.15) is 5.26 Å². The Hall–Kier alpha value is -3.37. The second kappa shape index (κ2) is 6.98. The predicted molar refractivity (Wildman–Crippen MR) is 114 cm³/mol. The monoisotopic (exact) mass is 359 g/mol. The van der Waals surface area contributed by atoms with Crippen molar-refractivity contribution in [3.63, 3.8) is 0 Å². The van der Waals surface area contributed by atoms with Gasteiger partial charge in [0.2, 0.25) is 0 Å². The van der Waals surface area contributed by atoms with Gasteiger partial charge in [-0.25, -0.2) is 0 Å². The van der Waals surface area contributed by atoms with Crippen molar-refractivity contribution in [3.8, 4) is 6.07 Å². The first-order chi connectivity index (χ1) is 13.9. The molecule has 0 radical (unpaired) electrons. The predicted octanol–water partition coefficient (Wildman–Crippen LogP) is 6.77. The maximum absolute atomic E-state index is 9.51. The maximum atomic E-state index is 9.51. The van der Waals surface area contributed by atoms with Crippen molar-refractivity contribution in [1.82, 2.24) is 0 Å². The van der Waals surface area contributed by atoms with Crippen LogP contribution in [-0.2, 0) is 0 Å². The van der Waals surface area contributed by atoms with E-state index in [9.17, 15) is 5.26 Å². The largest absolute Gasteiger partial charge is 0.192 e. The number of rotatable bonds is 2. The molecular weight excluding hydrogens is 338 g/mol. The van der Waals surface area contributed by atoms with Crippen LogP contribution in [0.1, 0.15) is 52.5 Å². The smallest absolute Gasteiger partial charge is 0.0998 e. The Balaban J connectivity index is 1.67. The molecule has 2 atom stereocenters. The molecule has 0 N–H and O–H groups in total. The Morgan fingerprint density at radius 1 is 0.571 bits per heavy atom. The fourth-order valence-electron chi connectivity index (χ4n) is 4.87. The number of hydrogen-bond donors (Lipinski definition) is 0. The number of hydrogen-bond acceptors (Lipinski definition) is 1. The molecule has 1 aliphatic carbocycles. The van der Waals surface area contributed by atoms with Crippen LogP contribution in [0.3, 0.4) is 0 Å². The van der Waals surface area contributed by atoms with Crippen LogP contribution < -0.4 is 0 Å². The summed E-state index contributed by atoms with van der Waals surface area (Å²) >= 11 is 0. The summed E-state index contributed by atoms with van der Waals surface area (Å²) in [5, 5.41) is 11.8. The number of nitrogens with zero attached hydrogens (tertiary/aromatic N) is 1. The maximum Gasteiger partial charge on any atom is 0.0998 e. The van der Waals surface area contributed by atoms with Gasteiger partial charge in [-0.15, -0.1) is 0 Å². The zero-order valence-electron chi connectivity index (χ0n) is 15.7. The van der Waals surface area contributed by atoms with E-state index in [1.165, 1.54) is 27.6 Å². The molecule has 0 fully saturated rings. The highest BCUT2D eigenvalue weighted by atomic mass is 14.3. The number of benzene rings is 4. The summed E-state index contributed by atoms with van der Waals surface area (Å²) in [7, 11) is 0. The molecule has 0 heterocycles. The third-order valence-corrected chi connectivity index (χ3v) is 6.15. The summed E-state index contributed by atoms with van der Waals surface area (Å²) in [6.07, 6.45) is 2.26. The van der Waals surface area contributed by atoms with Crippen LogP contribution in [0, 0.1) is 11.3 Å². The van der Waals surface area contributed by atoms with Crippen LogP contribution in [-0.4, -0.2) is 0 Å². The van der Waals surface area contributed by atoms with E-state index in [0.29, 0.717) is 11.8 Å². The van der Waals surface area contributed by atoms with Gasteiger partial charge in [-0.05, 0) is 51.9 Å². The van der Waals surface area contributed by atoms with Crippen LogP contribution in [0.15, 0.2) is 91.0 Å². The summed E-state index contributed by atoms with van der Waals surface area (Å²) in [5.41, 5.74) is 6.37. The summed E-state index contributed by atoms with van der Waals surface area (Å²) in [6.45, 7) is 0. The molecular formula is C27H21N. The van der Waals surface area contributed by atoms with Crippen LogP contribution in [0.5, 0.6) is 0 Å². The average Bonchev–Trinajstić information content (AvgIpc) is 2.78. The molecule has 134 valence electrons. The van der Waals surface area contributed by atoms with Crippen molar-refractivity contribution < 1.29 is 0 Å². The highest BCUT2D eigenvalue weighted by Gasteiger charge is 2.29. The third kappa shape index (κ3) is 2.70. The van der Waals surface area contributed by atoms with E-state index in [4.69, 9.17) is 0 Å². The second-order valence-electron chi connectivity index (χ2n) is 7.58. The zero-order valence-corrected chi connectivity index (χ0v) is 15.7. The van der Waals surface area contributed by atoms with E-state index in [-0.39, 0.29) is 0 Å². The molecule has 5 rings (SSSR count). The lowest BCUT2D eigenvalue weighted by Crippen LogP contribution is -2.16. The highest BCUT2D eigenvalue weighted by molar-refractivity contribution is 5.91. The SMILES string of the molecule is N#Cc1ccc(C2CCC(c3ccccc3)c3ccccc32)c2ccccc12. The molecule has 4 aromatic rings. The first-order valence-electron chi connectivity index (χ1n) is 9.92. The van der Waals surface area contributed by atoms with Gasteiger partial charge in [0.1, 0.15) is 0 Å². The Kier molecular flexibility index (Phi) is 4.18. The van der Waals surface area contributed by atoms with Crippen LogP contribution >= 0.6 is 0 Å². The summed E-state index contributed by atoms with van der Waals surface area (Å²) < 4.78 is 0. The van der Waals surface area contributed by atoms with Crippen molar-refractivity contribution in [1.29, 1.82) is 5.26 Å². The first kappa shape index (κ1) is 16.8. The molecule has 4 aromatic carbocycles. The van der Waals surface area contributed by atoms with Crippen LogP contribution in [0.4, 0.5) is 0 Å². The Morgan fingerprint density at radius 2 is 1.18 bits per heavy atom. The molecule has 0 amide bonds. The molecule has 1 nitrogen and oxygen atoms in total. The fourth-order valence-corrected chi connectivity index (χ4v) is 4.87. The molecule has 1 aliphatic rings. The molecule has 1 heteroatoms. The highest BCUT2D eigenvalue weighted by Crippen LogP contribution is 2.46. The van der Waals surface area contributed by atoms with Gasteiger partial charge in [0, 0.05) is 11.8 Å². The summed E-state index contributed by atoms with van der Waals surface area (Å²) in [6, 6.07) is 34.6. The number of nitriles is 1. The Labute approximate surface area is 165 Å². The standard InChI is InChI=1S/C27H21N/c28-18-20-14-15-26(23-11-5-4-10-21(20)23)27-17-16-22(19-8-2-1-3-9-19)24-12-6-7-13-25(24)27/h1-15,22,27H,16-17H2. The van der Waals surface area contributed by atoms with Crippen LogP contribution in [0.2, 0.25) is 0 Å². The van der Waals surface area contributed by atoms with Crippen molar-refractivity contribution in [2.45, 2.75) is 24.7 Å². The van der Waals surface area contributed by atoms with Crippen molar-refractivity contribution >= 4 is 10.8 Å². The summed E-state index contributed by atoms with van der Waals surface area (Å²) in [5.74, 6) is 0.826. The Morgan fingerprint density at radius 3 is 1.93 bits per heavy atom. The molecule has 0 bridgehead atoms. The molecule has 0 saturated carbocycles. The minimum Gasteiger partial charge on any atom is -0.192 e. The van der Waals surface area contributed by atoms with E-state index < -0.39 is 0 Å². The van der Waals surface area contributed by atoms with Gasteiger partial charge >= 0.3 is 0 Å². The summed E-state index contributed by atoms with van der Waals surface area (Å²) in [4.78, 5) is 0. The zero-order chi connectivity index (χ0) is 18.9. The fraction of sp³-hybridized carbons (Fsp3) is 0.148. The van der Waals surface area contributed by atoms with E-state index >= 15 is 0 Å². The van der Waals surface area contributed by atoms with Gasteiger partial charge in [-0.3, -0.25) is 0 Å². The minimum absolute atomic E-state index is 0.369. The molecule has 0 aliphatic heterocycles. The van der Waals surface area contributed by atoms with E-state index in [2.05, 4.69) is 84.9 Å². The van der Waals surface area contributed by atoms with Gasteiger partial charge in [0.15, 0.2) is 0 Å². The molecule has 2 unspecified atom stereocenters. The lowest BCUT2D eigenvalue weighted by molar-refractivity contribution is 0.567. The molecule has 28 heavy (non-hydrogen) atoms. The quantitative estimate of drug-likeness (QED) is 0.387. The normalized spacial score (nSPS) is 18.4. The average molecular weight is 359 g/mol.